The lowest BCUT2D eigenvalue weighted by Crippen LogP contribution is -2.47. The second-order valence-electron chi connectivity index (χ2n) is 8.06. The highest BCUT2D eigenvalue weighted by molar-refractivity contribution is 6.01. The first-order valence-corrected chi connectivity index (χ1v) is 9.54. The van der Waals surface area contributed by atoms with Gasteiger partial charge in [-0.3, -0.25) is 14.4 Å². The maximum absolute atomic E-state index is 12.7. The fourth-order valence-electron chi connectivity index (χ4n) is 2.78. The fraction of sp³-hybridized carbons (Fsp3) is 0.348. The van der Waals surface area contributed by atoms with Gasteiger partial charge < -0.3 is 15.7 Å². The Morgan fingerprint density at radius 2 is 1.48 bits per heavy atom. The molecule has 1 atom stereocenters. The molecular weight excluding hydrogens is 368 g/mol. The van der Waals surface area contributed by atoms with Gasteiger partial charge in [-0.1, -0.05) is 43.7 Å². The molecule has 0 saturated carbocycles. The Kier molecular flexibility index (Phi) is 6.80. The van der Waals surface area contributed by atoms with Gasteiger partial charge in [0.2, 0.25) is 5.91 Å². The van der Waals surface area contributed by atoms with E-state index < -0.39 is 17.4 Å². The largest absolute Gasteiger partial charge is 0.481 e. The van der Waals surface area contributed by atoms with E-state index in [0.717, 1.165) is 5.56 Å². The quantitative estimate of drug-likeness (QED) is 0.664. The number of anilines is 1. The average molecular weight is 396 g/mol. The third kappa shape index (κ3) is 5.44. The van der Waals surface area contributed by atoms with Gasteiger partial charge in [0.25, 0.3) is 5.91 Å². The molecule has 6 heteroatoms. The van der Waals surface area contributed by atoms with Crippen molar-refractivity contribution in [1.82, 2.24) is 5.32 Å². The molecule has 29 heavy (non-hydrogen) atoms. The van der Waals surface area contributed by atoms with Gasteiger partial charge in [0, 0.05) is 11.3 Å². The molecule has 0 aliphatic rings. The predicted octanol–water partition coefficient (Wildman–Crippen LogP) is 3.75. The number of carboxylic acids is 1. The summed E-state index contributed by atoms with van der Waals surface area (Å²) in [5.41, 5.74) is 1.69. The Hall–Kier alpha value is -3.15. The van der Waals surface area contributed by atoms with Crippen LogP contribution in [0.1, 0.15) is 49.2 Å². The molecule has 2 rings (SSSR count). The number of hydrogen-bond donors (Lipinski definition) is 3. The van der Waals surface area contributed by atoms with Crippen molar-refractivity contribution in [2.45, 2.75) is 46.1 Å². The van der Waals surface area contributed by atoms with E-state index in [4.69, 9.17) is 0 Å². The van der Waals surface area contributed by atoms with E-state index in [2.05, 4.69) is 10.6 Å². The van der Waals surface area contributed by atoms with Gasteiger partial charge in [0.05, 0.1) is 5.41 Å². The van der Waals surface area contributed by atoms with Crippen LogP contribution in [0.25, 0.3) is 0 Å². The molecule has 0 heterocycles. The fourth-order valence-corrected chi connectivity index (χ4v) is 2.78. The summed E-state index contributed by atoms with van der Waals surface area (Å²) in [7, 11) is 0. The van der Waals surface area contributed by atoms with Crippen molar-refractivity contribution < 1.29 is 19.5 Å². The van der Waals surface area contributed by atoms with Crippen molar-refractivity contribution in [3.63, 3.8) is 0 Å². The third-order valence-corrected chi connectivity index (χ3v) is 4.96. The zero-order valence-corrected chi connectivity index (χ0v) is 17.4. The lowest BCUT2D eigenvalue weighted by molar-refractivity contribution is -0.142. The van der Waals surface area contributed by atoms with E-state index in [1.54, 1.807) is 50.2 Å². The minimum absolute atomic E-state index is 0.116. The van der Waals surface area contributed by atoms with Crippen LogP contribution in [-0.2, 0) is 15.0 Å². The van der Waals surface area contributed by atoms with Crippen molar-refractivity contribution in [3.05, 3.63) is 65.2 Å². The van der Waals surface area contributed by atoms with Crippen molar-refractivity contribution in [2.75, 3.05) is 5.32 Å². The van der Waals surface area contributed by atoms with Crippen LogP contribution in [0.5, 0.6) is 0 Å². The number of benzene rings is 2. The van der Waals surface area contributed by atoms with Crippen LogP contribution in [-0.4, -0.2) is 28.9 Å². The topological polar surface area (TPSA) is 95.5 Å². The van der Waals surface area contributed by atoms with Crippen molar-refractivity contribution in [2.24, 2.45) is 5.92 Å². The maximum Gasteiger partial charge on any atom is 0.313 e. The number of hydrogen-bond acceptors (Lipinski definition) is 3. The van der Waals surface area contributed by atoms with E-state index in [1.807, 2.05) is 32.9 Å². The maximum atomic E-state index is 12.7. The van der Waals surface area contributed by atoms with Crippen molar-refractivity contribution >= 4 is 23.5 Å². The summed E-state index contributed by atoms with van der Waals surface area (Å²) in [6, 6.07) is 13.1. The van der Waals surface area contributed by atoms with Gasteiger partial charge in [-0.25, -0.2) is 0 Å². The molecule has 3 N–H and O–H groups in total. The summed E-state index contributed by atoms with van der Waals surface area (Å²) < 4.78 is 0. The number of amides is 2. The highest BCUT2D eigenvalue weighted by Gasteiger charge is 2.29. The summed E-state index contributed by atoms with van der Waals surface area (Å²) in [6.45, 7) is 8.90. The molecule has 1 unspecified atom stereocenters. The molecule has 0 fully saturated rings. The first-order valence-electron chi connectivity index (χ1n) is 9.54. The lowest BCUT2D eigenvalue weighted by Gasteiger charge is -2.23. The minimum atomic E-state index is -1.02. The normalized spacial score (nSPS) is 12.3. The minimum Gasteiger partial charge on any atom is -0.481 e. The van der Waals surface area contributed by atoms with E-state index in [-0.39, 0.29) is 17.7 Å². The van der Waals surface area contributed by atoms with Crippen LogP contribution < -0.4 is 10.6 Å². The van der Waals surface area contributed by atoms with Crippen molar-refractivity contribution in [1.29, 1.82) is 0 Å². The molecule has 0 aliphatic heterocycles. The first kappa shape index (κ1) is 22.1. The molecule has 2 aromatic carbocycles. The molecule has 2 amide bonds. The molecule has 0 spiro atoms. The van der Waals surface area contributed by atoms with E-state index in [1.165, 1.54) is 0 Å². The Bertz CT molecular complexity index is 884. The average Bonchev–Trinajstić information content (AvgIpc) is 2.66. The zero-order valence-electron chi connectivity index (χ0n) is 17.4. The molecule has 0 saturated heterocycles. The number of rotatable bonds is 7. The van der Waals surface area contributed by atoms with Gasteiger partial charge in [-0.2, -0.15) is 0 Å². The number of carbonyl (C=O) groups excluding carboxylic acids is 2. The van der Waals surface area contributed by atoms with E-state index in [0.29, 0.717) is 16.8 Å². The second-order valence-corrected chi connectivity index (χ2v) is 8.06. The van der Waals surface area contributed by atoms with E-state index in [9.17, 15) is 19.5 Å². The van der Waals surface area contributed by atoms with Gasteiger partial charge in [-0.05, 0) is 56.5 Å². The number of aliphatic carboxylic acids is 1. The molecule has 0 aromatic heterocycles. The number of carboxylic acid groups (broad SMARTS) is 1. The van der Waals surface area contributed by atoms with Crippen LogP contribution in [0.4, 0.5) is 5.69 Å². The van der Waals surface area contributed by atoms with Crippen LogP contribution in [0.2, 0.25) is 0 Å². The van der Waals surface area contributed by atoms with Gasteiger partial charge in [0.1, 0.15) is 6.04 Å². The highest BCUT2D eigenvalue weighted by atomic mass is 16.4. The predicted molar refractivity (Wildman–Crippen MR) is 113 cm³/mol. The van der Waals surface area contributed by atoms with Crippen LogP contribution >= 0.6 is 0 Å². The van der Waals surface area contributed by atoms with Crippen LogP contribution in [0, 0.1) is 12.8 Å². The molecule has 0 radical (unpaired) electrons. The van der Waals surface area contributed by atoms with Crippen LogP contribution in [0.15, 0.2) is 48.5 Å². The molecule has 6 nitrogen and oxygen atoms in total. The molecular formula is C23H28N2O4. The second kappa shape index (κ2) is 8.90. The van der Waals surface area contributed by atoms with Gasteiger partial charge in [0.15, 0.2) is 0 Å². The smallest absolute Gasteiger partial charge is 0.313 e. The van der Waals surface area contributed by atoms with Crippen LogP contribution in [0.3, 0.4) is 0 Å². The van der Waals surface area contributed by atoms with E-state index >= 15 is 0 Å². The number of nitrogens with one attached hydrogen (secondary N) is 2. The molecule has 154 valence electrons. The Labute approximate surface area is 171 Å². The highest BCUT2D eigenvalue weighted by Crippen LogP contribution is 2.25. The standard InChI is InChI=1S/C23H28N2O4/c1-14(2)19(25-20(26)16-8-6-15(3)7-9-16)21(27)24-18-12-10-17(11-13-18)23(4,5)22(28)29/h6-14,19H,1-5H3,(H,24,27)(H,25,26)(H,28,29). The number of carbonyl (C=O) groups is 3. The summed E-state index contributed by atoms with van der Waals surface area (Å²) in [6.07, 6.45) is 0. The molecule has 2 aromatic rings. The SMILES string of the molecule is Cc1ccc(C(=O)NC(C(=O)Nc2ccc(C(C)(C)C(=O)O)cc2)C(C)C)cc1. The molecule has 0 bridgehead atoms. The summed E-state index contributed by atoms with van der Waals surface area (Å²) in [5, 5.41) is 14.9. The summed E-state index contributed by atoms with van der Waals surface area (Å²) in [4.78, 5) is 36.6. The first-order chi connectivity index (χ1) is 13.5. The Morgan fingerprint density at radius 3 is 1.97 bits per heavy atom. The van der Waals surface area contributed by atoms with Gasteiger partial charge >= 0.3 is 5.97 Å². The lowest BCUT2D eigenvalue weighted by atomic mass is 9.85. The summed E-state index contributed by atoms with van der Waals surface area (Å²) >= 11 is 0. The summed E-state index contributed by atoms with van der Waals surface area (Å²) in [5.74, 6) is -1.68. The van der Waals surface area contributed by atoms with Gasteiger partial charge in [-0.15, -0.1) is 0 Å². The van der Waals surface area contributed by atoms with Crippen molar-refractivity contribution in [3.8, 4) is 0 Å². The Morgan fingerprint density at radius 1 is 0.931 bits per heavy atom. The monoisotopic (exact) mass is 396 g/mol. The Balaban J connectivity index is 2.10. The zero-order chi connectivity index (χ0) is 21.8. The molecule has 0 aliphatic carbocycles. The number of aryl methyl sites for hydroxylation is 1. The third-order valence-electron chi connectivity index (χ3n) is 4.96.